The molecule has 2 saturated heterocycles. The number of hydrogen-bond donors (Lipinski definition) is 2. The van der Waals surface area contributed by atoms with Gasteiger partial charge < -0.3 is 24.1 Å². The van der Waals surface area contributed by atoms with Crippen LogP contribution in [0, 0.1) is 5.41 Å². The molecule has 37 heavy (non-hydrogen) atoms. The van der Waals surface area contributed by atoms with Crippen molar-refractivity contribution in [2.24, 2.45) is 0 Å². The molecule has 0 bridgehead atoms. The minimum atomic E-state index is -0.641. The number of nitrogens with zero attached hydrogens (tertiary/aromatic N) is 3. The lowest BCUT2D eigenvalue weighted by molar-refractivity contribution is -0.156. The molecule has 4 rings (SSSR count). The van der Waals surface area contributed by atoms with Crippen molar-refractivity contribution in [1.29, 1.82) is 5.41 Å². The van der Waals surface area contributed by atoms with Gasteiger partial charge in [0.25, 0.3) is 5.91 Å². The summed E-state index contributed by atoms with van der Waals surface area (Å²) in [6, 6.07) is 9.04. The van der Waals surface area contributed by atoms with Crippen molar-refractivity contribution in [2.45, 2.75) is 26.0 Å². The fourth-order valence-corrected chi connectivity index (χ4v) is 4.27. The summed E-state index contributed by atoms with van der Waals surface area (Å²) in [5.41, 5.74) is 1.05. The van der Waals surface area contributed by atoms with Crippen molar-refractivity contribution in [3.05, 3.63) is 54.0 Å². The number of carbonyl (C=O) groups is 4. The SMILES string of the molecule is CCOC(=O)C(C)N1CCN(CC2CN(c3ccc(C(=N)NC(=O)c4ccco4)cc3)C(=O)O2)CC1=O. The molecule has 3 heterocycles. The van der Waals surface area contributed by atoms with Crippen LogP contribution in [0.3, 0.4) is 0 Å². The molecule has 3 amide bonds. The lowest BCUT2D eigenvalue weighted by Crippen LogP contribution is -2.56. The molecule has 1 aromatic carbocycles. The summed E-state index contributed by atoms with van der Waals surface area (Å²) in [6.07, 6.45) is 0.444. The van der Waals surface area contributed by atoms with Crippen LogP contribution < -0.4 is 10.2 Å². The lowest BCUT2D eigenvalue weighted by atomic mass is 10.1. The Kier molecular flexibility index (Phi) is 7.87. The molecule has 12 heteroatoms. The molecule has 0 aliphatic carbocycles. The van der Waals surface area contributed by atoms with Crippen molar-refractivity contribution >= 4 is 35.4 Å². The van der Waals surface area contributed by atoms with Crippen LogP contribution in [-0.2, 0) is 19.1 Å². The second kappa shape index (κ2) is 11.2. The van der Waals surface area contributed by atoms with Gasteiger partial charge in [0.1, 0.15) is 18.0 Å². The number of rotatable bonds is 8. The minimum Gasteiger partial charge on any atom is -0.464 e. The molecule has 2 aromatic rings. The molecule has 2 aliphatic rings. The highest BCUT2D eigenvalue weighted by molar-refractivity contribution is 6.10. The van der Waals surface area contributed by atoms with Crippen LogP contribution in [0.5, 0.6) is 0 Å². The Balaban J connectivity index is 1.29. The van der Waals surface area contributed by atoms with Crippen LogP contribution in [0.15, 0.2) is 47.1 Å². The van der Waals surface area contributed by atoms with Gasteiger partial charge in [-0.2, -0.15) is 0 Å². The smallest absolute Gasteiger partial charge is 0.414 e. The number of amidine groups is 1. The Morgan fingerprint density at radius 2 is 1.95 bits per heavy atom. The van der Waals surface area contributed by atoms with Gasteiger partial charge in [0, 0.05) is 30.9 Å². The highest BCUT2D eigenvalue weighted by Crippen LogP contribution is 2.23. The van der Waals surface area contributed by atoms with Gasteiger partial charge >= 0.3 is 12.1 Å². The number of nitrogens with one attached hydrogen (secondary N) is 2. The van der Waals surface area contributed by atoms with Gasteiger partial charge in [-0.05, 0) is 50.2 Å². The summed E-state index contributed by atoms with van der Waals surface area (Å²) in [7, 11) is 0. The van der Waals surface area contributed by atoms with Gasteiger partial charge in [0.2, 0.25) is 5.91 Å². The average molecular weight is 512 g/mol. The highest BCUT2D eigenvalue weighted by Gasteiger charge is 2.37. The standard InChI is InChI=1S/C25H29N5O7/c1-3-35-24(33)16(2)29-11-10-28(15-21(29)31)13-19-14-30(25(34)37-19)18-8-6-17(7-9-18)22(26)27-23(32)20-5-4-12-36-20/h4-9,12,16,19H,3,10-11,13-15H2,1-2H3,(H2,26,27,32). The van der Waals surface area contributed by atoms with E-state index < -0.39 is 30.1 Å². The monoisotopic (exact) mass is 511 g/mol. The Labute approximate surface area is 213 Å². The quantitative estimate of drug-likeness (QED) is 0.308. The third-order valence-corrected chi connectivity index (χ3v) is 6.22. The average Bonchev–Trinajstić information content (AvgIpc) is 3.54. The van der Waals surface area contributed by atoms with E-state index in [0.29, 0.717) is 37.4 Å². The van der Waals surface area contributed by atoms with Crippen LogP contribution in [0.4, 0.5) is 10.5 Å². The predicted octanol–water partition coefficient (Wildman–Crippen LogP) is 1.46. The largest absolute Gasteiger partial charge is 0.464 e. The first-order chi connectivity index (χ1) is 17.8. The van der Waals surface area contributed by atoms with E-state index in [9.17, 15) is 19.2 Å². The van der Waals surface area contributed by atoms with E-state index in [2.05, 4.69) is 5.32 Å². The first-order valence-corrected chi connectivity index (χ1v) is 12.0. The first-order valence-electron chi connectivity index (χ1n) is 12.0. The molecule has 2 N–H and O–H groups in total. The van der Waals surface area contributed by atoms with Crippen LogP contribution >= 0.6 is 0 Å². The van der Waals surface area contributed by atoms with E-state index in [-0.39, 0.29) is 30.7 Å². The number of anilines is 1. The van der Waals surface area contributed by atoms with Gasteiger partial charge in [0.15, 0.2) is 5.76 Å². The second-order valence-electron chi connectivity index (χ2n) is 8.72. The highest BCUT2D eigenvalue weighted by atomic mass is 16.6. The Hall–Kier alpha value is -4.19. The Morgan fingerprint density at radius 3 is 2.59 bits per heavy atom. The van der Waals surface area contributed by atoms with Crippen molar-refractivity contribution in [3.63, 3.8) is 0 Å². The topological polar surface area (TPSA) is 145 Å². The van der Waals surface area contributed by atoms with Gasteiger partial charge in [-0.25, -0.2) is 9.59 Å². The maximum absolute atomic E-state index is 12.6. The van der Waals surface area contributed by atoms with Crippen LogP contribution in [0.1, 0.15) is 30.0 Å². The van der Waals surface area contributed by atoms with Crippen LogP contribution in [0.2, 0.25) is 0 Å². The third-order valence-electron chi connectivity index (χ3n) is 6.22. The van der Waals surface area contributed by atoms with Crippen molar-refractivity contribution in [2.75, 3.05) is 44.2 Å². The summed E-state index contributed by atoms with van der Waals surface area (Å²) in [6.45, 7) is 5.38. The van der Waals surface area contributed by atoms with Crippen molar-refractivity contribution in [3.8, 4) is 0 Å². The molecule has 1 aromatic heterocycles. The first kappa shape index (κ1) is 25.9. The molecule has 0 spiro atoms. The van der Waals surface area contributed by atoms with E-state index in [1.165, 1.54) is 22.1 Å². The number of carbonyl (C=O) groups excluding carboxylic acids is 4. The maximum atomic E-state index is 12.6. The Bertz CT molecular complexity index is 1160. The number of piperazine rings is 1. The number of hydrogen-bond acceptors (Lipinski definition) is 9. The van der Waals surface area contributed by atoms with E-state index in [0.717, 1.165) is 0 Å². The maximum Gasteiger partial charge on any atom is 0.414 e. The molecule has 196 valence electrons. The normalized spacial score (nSPS) is 18.9. The predicted molar refractivity (Wildman–Crippen MR) is 131 cm³/mol. The van der Waals surface area contributed by atoms with E-state index in [4.69, 9.17) is 19.3 Å². The molecule has 2 fully saturated rings. The zero-order valence-electron chi connectivity index (χ0n) is 20.6. The van der Waals surface area contributed by atoms with E-state index >= 15 is 0 Å². The number of amides is 3. The summed E-state index contributed by atoms with van der Waals surface area (Å²) >= 11 is 0. The zero-order chi connectivity index (χ0) is 26.5. The summed E-state index contributed by atoms with van der Waals surface area (Å²) in [5, 5.41) is 10.6. The summed E-state index contributed by atoms with van der Waals surface area (Å²) < 4.78 is 15.6. The summed E-state index contributed by atoms with van der Waals surface area (Å²) in [4.78, 5) is 54.1. The summed E-state index contributed by atoms with van der Waals surface area (Å²) in [5.74, 6) is -1.13. The minimum absolute atomic E-state index is 0.101. The molecule has 12 nitrogen and oxygen atoms in total. The van der Waals surface area contributed by atoms with Gasteiger partial charge in [0.05, 0.1) is 26.0 Å². The lowest BCUT2D eigenvalue weighted by Gasteiger charge is -2.37. The number of ether oxygens (including phenoxy) is 2. The second-order valence-corrected chi connectivity index (χ2v) is 8.72. The molecule has 0 radical (unpaired) electrons. The number of cyclic esters (lactones) is 1. The molecule has 2 atom stereocenters. The molecule has 2 unspecified atom stereocenters. The molecular formula is C25H29N5O7. The fourth-order valence-electron chi connectivity index (χ4n) is 4.27. The van der Waals surface area contributed by atoms with Crippen LogP contribution in [0.25, 0.3) is 0 Å². The van der Waals surface area contributed by atoms with Gasteiger partial charge in [-0.3, -0.25) is 24.8 Å². The molecule has 0 saturated carbocycles. The Morgan fingerprint density at radius 1 is 1.19 bits per heavy atom. The number of benzene rings is 1. The fraction of sp³-hybridized carbons (Fsp3) is 0.400. The zero-order valence-corrected chi connectivity index (χ0v) is 20.6. The third kappa shape index (κ3) is 5.97. The molecule has 2 aliphatic heterocycles. The van der Waals surface area contributed by atoms with Crippen LogP contribution in [-0.4, -0.2) is 91.0 Å². The van der Waals surface area contributed by atoms with Gasteiger partial charge in [-0.1, -0.05) is 0 Å². The van der Waals surface area contributed by atoms with Crippen molar-refractivity contribution < 1.29 is 33.1 Å². The van der Waals surface area contributed by atoms with E-state index in [1.54, 1.807) is 44.2 Å². The number of esters is 1. The molecular weight excluding hydrogens is 482 g/mol. The van der Waals surface area contributed by atoms with Gasteiger partial charge in [-0.15, -0.1) is 0 Å². The number of furan rings is 1. The van der Waals surface area contributed by atoms with E-state index in [1.807, 2.05) is 4.90 Å². The van der Waals surface area contributed by atoms with Crippen molar-refractivity contribution in [1.82, 2.24) is 15.1 Å².